The predicted molar refractivity (Wildman–Crippen MR) is 81.9 cm³/mol. The Morgan fingerprint density at radius 1 is 1.44 bits per heavy atom. The molecule has 98 valence electrons. The fourth-order valence-corrected chi connectivity index (χ4v) is 2.70. The van der Waals surface area contributed by atoms with Gasteiger partial charge >= 0.3 is 0 Å². The smallest absolute Gasteiger partial charge is 0.124 e. The highest BCUT2D eigenvalue weighted by molar-refractivity contribution is 7.99. The second-order valence-electron chi connectivity index (χ2n) is 4.26. The molecule has 0 bridgehead atoms. The molecule has 1 heterocycles. The first-order valence-corrected chi connectivity index (χ1v) is 8.09. The Morgan fingerprint density at radius 3 is 2.89 bits per heavy atom. The summed E-state index contributed by atoms with van der Waals surface area (Å²) in [5.41, 5.74) is 1.93. The van der Waals surface area contributed by atoms with E-state index in [4.69, 9.17) is 23.2 Å². The van der Waals surface area contributed by atoms with Gasteiger partial charge in [0.2, 0.25) is 0 Å². The zero-order valence-electron chi connectivity index (χ0n) is 10.5. The maximum atomic E-state index is 6.17. The van der Waals surface area contributed by atoms with E-state index >= 15 is 0 Å². The number of alkyl halides is 1. The molecule has 0 aliphatic heterocycles. The van der Waals surface area contributed by atoms with Crippen molar-refractivity contribution < 1.29 is 0 Å². The van der Waals surface area contributed by atoms with Crippen LogP contribution >= 0.6 is 35.0 Å². The van der Waals surface area contributed by atoms with E-state index in [0.717, 1.165) is 29.8 Å². The predicted octanol–water partition coefficient (Wildman–Crippen LogP) is 4.57. The Kier molecular flexibility index (Phi) is 4.82. The van der Waals surface area contributed by atoms with Crippen LogP contribution in [0.5, 0.6) is 0 Å². The molecule has 2 rings (SSSR count). The summed E-state index contributed by atoms with van der Waals surface area (Å²) in [6.45, 7) is 3.16. The third-order valence-electron chi connectivity index (χ3n) is 3.09. The number of para-hydroxylation sites is 1. The fraction of sp³-hybridized carbons (Fsp3) is 0.462. The SMILES string of the molecule is CSC(C)CCn1c(CCl)nc2c(Cl)cccc21. The lowest BCUT2D eigenvalue weighted by Crippen LogP contribution is -2.07. The Balaban J connectivity index is 2.38. The first kappa shape index (κ1) is 14.0. The molecule has 1 unspecified atom stereocenters. The zero-order chi connectivity index (χ0) is 13.1. The van der Waals surface area contributed by atoms with Crippen LogP contribution < -0.4 is 0 Å². The molecule has 18 heavy (non-hydrogen) atoms. The van der Waals surface area contributed by atoms with E-state index in [1.165, 1.54) is 0 Å². The minimum atomic E-state index is 0.415. The summed E-state index contributed by atoms with van der Waals surface area (Å²) in [5.74, 6) is 1.31. The number of benzene rings is 1. The lowest BCUT2D eigenvalue weighted by Gasteiger charge is -2.11. The number of thioether (sulfide) groups is 1. The van der Waals surface area contributed by atoms with Crippen LogP contribution in [0.2, 0.25) is 5.02 Å². The van der Waals surface area contributed by atoms with Crippen molar-refractivity contribution in [1.82, 2.24) is 9.55 Å². The molecule has 0 fully saturated rings. The number of aryl methyl sites for hydroxylation is 1. The van der Waals surface area contributed by atoms with Gasteiger partial charge in [-0.1, -0.05) is 24.6 Å². The maximum Gasteiger partial charge on any atom is 0.124 e. The maximum absolute atomic E-state index is 6.17. The number of hydrogen-bond acceptors (Lipinski definition) is 2. The monoisotopic (exact) mass is 302 g/mol. The van der Waals surface area contributed by atoms with E-state index in [1.54, 1.807) is 0 Å². The third-order valence-corrected chi connectivity index (χ3v) is 4.67. The third kappa shape index (κ3) is 2.79. The van der Waals surface area contributed by atoms with Crippen LogP contribution in [0.3, 0.4) is 0 Å². The first-order valence-electron chi connectivity index (χ1n) is 5.89. The lowest BCUT2D eigenvalue weighted by atomic mass is 10.3. The molecular formula is C13H16Cl2N2S. The summed E-state index contributed by atoms with van der Waals surface area (Å²) in [4.78, 5) is 4.53. The topological polar surface area (TPSA) is 17.8 Å². The molecule has 0 saturated heterocycles. The first-order chi connectivity index (χ1) is 8.67. The van der Waals surface area contributed by atoms with Gasteiger partial charge in [0.15, 0.2) is 0 Å². The van der Waals surface area contributed by atoms with Crippen LogP contribution in [0.15, 0.2) is 18.2 Å². The summed E-state index contributed by atoms with van der Waals surface area (Å²) >= 11 is 14.0. The average Bonchev–Trinajstić information content (AvgIpc) is 2.75. The minimum Gasteiger partial charge on any atom is -0.327 e. The van der Waals surface area contributed by atoms with E-state index in [9.17, 15) is 0 Å². The van der Waals surface area contributed by atoms with E-state index in [-0.39, 0.29) is 0 Å². The van der Waals surface area contributed by atoms with Crippen molar-refractivity contribution in [2.24, 2.45) is 0 Å². The van der Waals surface area contributed by atoms with Gasteiger partial charge in [-0.3, -0.25) is 0 Å². The summed E-state index contributed by atoms with van der Waals surface area (Å²) in [5, 5.41) is 1.32. The molecule has 0 N–H and O–H groups in total. The Bertz CT molecular complexity index is 539. The molecule has 2 aromatic rings. The van der Waals surface area contributed by atoms with Crippen molar-refractivity contribution in [3.8, 4) is 0 Å². The Morgan fingerprint density at radius 2 is 2.22 bits per heavy atom. The second kappa shape index (κ2) is 6.18. The molecule has 1 aromatic carbocycles. The Labute approximate surface area is 122 Å². The summed E-state index contributed by atoms with van der Waals surface area (Å²) < 4.78 is 2.18. The van der Waals surface area contributed by atoms with E-state index in [2.05, 4.69) is 22.7 Å². The number of aromatic nitrogens is 2. The number of fused-ring (bicyclic) bond motifs is 1. The van der Waals surface area contributed by atoms with Crippen LogP contribution in [0.25, 0.3) is 11.0 Å². The quantitative estimate of drug-likeness (QED) is 0.753. The molecule has 0 amide bonds. The van der Waals surface area contributed by atoms with Crippen molar-refractivity contribution in [3.05, 3.63) is 29.0 Å². The molecule has 0 aliphatic rings. The van der Waals surface area contributed by atoms with Gasteiger partial charge in [-0.25, -0.2) is 4.98 Å². The summed E-state index contributed by atoms with van der Waals surface area (Å²) in [6.07, 6.45) is 3.24. The van der Waals surface area contributed by atoms with Gasteiger partial charge in [0, 0.05) is 11.8 Å². The molecule has 1 atom stereocenters. The number of rotatable bonds is 5. The van der Waals surface area contributed by atoms with Gasteiger partial charge in [-0.05, 0) is 24.8 Å². The molecule has 1 aromatic heterocycles. The highest BCUT2D eigenvalue weighted by Gasteiger charge is 2.12. The van der Waals surface area contributed by atoms with Gasteiger partial charge in [-0.2, -0.15) is 11.8 Å². The lowest BCUT2D eigenvalue weighted by molar-refractivity contribution is 0.636. The normalized spacial score (nSPS) is 13.1. The van der Waals surface area contributed by atoms with Gasteiger partial charge in [0.05, 0.1) is 16.4 Å². The molecule has 0 saturated carbocycles. The molecule has 0 aliphatic carbocycles. The standard InChI is InChI=1S/C13H16Cl2N2S/c1-9(18-2)6-7-17-11-5-3-4-10(15)13(11)16-12(17)8-14/h3-5,9H,6-8H2,1-2H3. The molecule has 5 heteroatoms. The van der Waals surface area contributed by atoms with E-state index < -0.39 is 0 Å². The molecule has 2 nitrogen and oxygen atoms in total. The average molecular weight is 303 g/mol. The molecule has 0 radical (unpaired) electrons. The second-order valence-corrected chi connectivity index (χ2v) is 6.21. The van der Waals surface area contributed by atoms with Gasteiger partial charge in [0.25, 0.3) is 0 Å². The van der Waals surface area contributed by atoms with Crippen LogP contribution in [-0.4, -0.2) is 21.1 Å². The number of halogens is 2. The molecular weight excluding hydrogens is 287 g/mol. The minimum absolute atomic E-state index is 0.415. The number of nitrogens with zero attached hydrogens (tertiary/aromatic N) is 2. The largest absolute Gasteiger partial charge is 0.327 e. The fourth-order valence-electron chi connectivity index (χ4n) is 1.94. The number of imidazole rings is 1. The van der Waals surface area contributed by atoms with Crippen molar-refractivity contribution in [2.45, 2.75) is 31.0 Å². The van der Waals surface area contributed by atoms with E-state index in [0.29, 0.717) is 16.2 Å². The summed E-state index contributed by atoms with van der Waals surface area (Å²) in [7, 11) is 0. The Hall–Kier alpha value is -0.380. The summed E-state index contributed by atoms with van der Waals surface area (Å²) in [6, 6.07) is 5.87. The van der Waals surface area contributed by atoms with Gasteiger partial charge < -0.3 is 4.57 Å². The van der Waals surface area contributed by atoms with Crippen molar-refractivity contribution in [1.29, 1.82) is 0 Å². The van der Waals surface area contributed by atoms with Crippen molar-refractivity contribution >= 4 is 46.0 Å². The van der Waals surface area contributed by atoms with Crippen molar-refractivity contribution in [2.75, 3.05) is 6.26 Å². The number of hydrogen-bond donors (Lipinski definition) is 0. The van der Waals surface area contributed by atoms with Gasteiger partial charge in [-0.15, -0.1) is 11.6 Å². The van der Waals surface area contributed by atoms with Crippen LogP contribution in [0.4, 0.5) is 0 Å². The highest BCUT2D eigenvalue weighted by Crippen LogP contribution is 2.25. The van der Waals surface area contributed by atoms with Crippen LogP contribution in [-0.2, 0) is 12.4 Å². The van der Waals surface area contributed by atoms with E-state index in [1.807, 2.05) is 30.0 Å². The zero-order valence-corrected chi connectivity index (χ0v) is 12.8. The molecule has 0 spiro atoms. The van der Waals surface area contributed by atoms with Crippen LogP contribution in [0.1, 0.15) is 19.2 Å². The van der Waals surface area contributed by atoms with Gasteiger partial charge in [0.1, 0.15) is 11.3 Å². The highest BCUT2D eigenvalue weighted by atomic mass is 35.5. The van der Waals surface area contributed by atoms with Crippen molar-refractivity contribution in [3.63, 3.8) is 0 Å². The van der Waals surface area contributed by atoms with Crippen LogP contribution in [0, 0.1) is 0 Å².